The largest absolute Gasteiger partial charge is 0.258 e. The highest BCUT2D eigenvalue weighted by molar-refractivity contribution is 5.11. The number of nitrogens with zero attached hydrogens (tertiary/aromatic N) is 1. The number of hydrogen-bond donors (Lipinski definition) is 0. The molecule has 1 aromatic heterocycles. The van der Waals surface area contributed by atoms with E-state index in [0.29, 0.717) is 0 Å². The highest BCUT2D eigenvalue weighted by Crippen LogP contribution is 2.09. The van der Waals surface area contributed by atoms with Gasteiger partial charge in [0, 0.05) is 11.4 Å². The molecule has 0 aliphatic heterocycles. The quantitative estimate of drug-likeness (QED) is 0.585. The standard InChI is InChI=1S/C15H25N/c1-3-5-6-7-8-9-11-15-13-10-12-14(4-2)16-15/h10,12-13H,3-9,11H2,1-2H3. The van der Waals surface area contributed by atoms with Crippen LogP contribution in [-0.4, -0.2) is 4.98 Å². The molecular formula is C15H25N. The molecule has 0 aliphatic rings. The van der Waals surface area contributed by atoms with Crippen molar-refractivity contribution >= 4 is 0 Å². The van der Waals surface area contributed by atoms with Crippen molar-refractivity contribution in [2.24, 2.45) is 0 Å². The second kappa shape index (κ2) is 8.32. The summed E-state index contributed by atoms with van der Waals surface area (Å²) in [6.07, 6.45) is 10.4. The van der Waals surface area contributed by atoms with Gasteiger partial charge >= 0.3 is 0 Å². The van der Waals surface area contributed by atoms with Crippen LogP contribution in [0.5, 0.6) is 0 Å². The average Bonchev–Trinajstić information content (AvgIpc) is 2.34. The predicted molar refractivity (Wildman–Crippen MR) is 70.7 cm³/mol. The van der Waals surface area contributed by atoms with Gasteiger partial charge in [-0.2, -0.15) is 0 Å². The van der Waals surface area contributed by atoms with E-state index in [-0.39, 0.29) is 0 Å². The van der Waals surface area contributed by atoms with Crippen molar-refractivity contribution in [1.82, 2.24) is 4.98 Å². The number of rotatable bonds is 8. The number of aromatic nitrogens is 1. The summed E-state index contributed by atoms with van der Waals surface area (Å²) in [5, 5.41) is 0. The van der Waals surface area contributed by atoms with Gasteiger partial charge in [0.25, 0.3) is 0 Å². The third-order valence-corrected chi connectivity index (χ3v) is 3.01. The first kappa shape index (κ1) is 13.2. The smallest absolute Gasteiger partial charge is 0.0406 e. The molecule has 0 atom stereocenters. The van der Waals surface area contributed by atoms with Gasteiger partial charge in [0.2, 0.25) is 0 Å². The normalized spacial score (nSPS) is 10.6. The monoisotopic (exact) mass is 219 g/mol. The molecule has 0 unspecified atom stereocenters. The van der Waals surface area contributed by atoms with Gasteiger partial charge < -0.3 is 0 Å². The molecule has 0 aliphatic carbocycles. The van der Waals surface area contributed by atoms with E-state index in [0.717, 1.165) is 12.8 Å². The van der Waals surface area contributed by atoms with Crippen molar-refractivity contribution in [3.8, 4) is 0 Å². The average molecular weight is 219 g/mol. The van der Waals surface area contributed by atoms with Crippen molar-refractivity contribution in [3.63, 3.8) is 0 Å². The van der Waals surface area contributed by atoms with Crippen molar-refractivity contribution in [2.75, 3.05) is 0 Å². The molecule has 0 N–H and O–H groups in total. The zero-order valence-corrected chi connectivity index (χ0v) is 10.8. The van der Waals surface area contributed by atoms with Crippen LogP contribution in [0.1, 0.15) is 63.8 Å². The lowest BCUT2D eigenvalue weighted by molar-refractivity contribution is 0.604. The maximum atomic E-state index is 4.63. The molecule has 0 amide bonds. The second-order valence-corrected chi connectivity index (χ2v) is 4.49. The van der Waals surface area contributed by atoms with Crippen LogP contribution in [0.2, 0.25) is 0 Å². The van der Waals surface area contributed by atoms with Gasteiger partial charge in [-0.3, -0.25) is 4.98 Å². The first-order valence-electron chi connectivity index (χ1n) is 6.81. The van der Waals surface area contributed by atoms with E-state index < -0.39 is 0 Å². The predicted octanol–water partition coefficient (Wildman–Crippen LogP) is 4.55. The third kappa shape index (κ3) is 5.29. The summed E-state index contributed by atoms with van der Waals surface area (Å²) >= 11 is 0. The molecule has 0 saturated heterocycles. The Morgan fingerprint density at radius 3 is 2.31 bits per heavy atom. The number of pyridine rings is 1. The van der Waals surface area contributed by atoms with Gasteiger partial charge in [0.1, 0.15) is 0 Å². The first-order chi connectivity index (χ1) is 7.86. The number of aryl methyl sites for hydroxylation is 2. The van der Waals surface area contributed by atoms with E-state index >= 15 is 0 Å². The van der Waals surface area contributed by atoms with Crippen molar-refractivity contribution in [2.45, 2.75) is 65.2 Å². The SMILES string of the molecule is CCCCCCCCc1cccc(CC)n1. The molecule has 1 heteroatoms. The molecule has 0 fully saturated rings. The topological polar surface area (TPSA) is 12.9 Å². The van der Waals surface area contributed by atoms with Crippen LogP contribution >= 0.6 is 0 Å². The Labute approximate surface area is 100 Å². The fourth-order valence-corrected chi connectivity index (χ4v) is 1.95. The molecule has 1 rings (SSSR count). The second-order valence-electron chi connectivity index (χ2n) is 4.49. The van der Waals surface area contributed by atoms with Crippen LogP contribution in [0.4, 0.5) is 0 Å². The van der Waals surface area contributed by atoms with Crippen LogP contribution < -0.4 is 0 Å². The fourth-order valence-electron chi connectivity index (χ4n) is 1.95. The molecule has 1 heterocycles. The Hall–Kier alpha value is -0.850. The van der Waals surface area contributed by atoms with Crippen molar-refractivity contribution < 1.29 is 0 Å². The van der Waals surface area contributed by atoms with Crippen molar-refractivity contribution in [3.05, 3.63) is 29.6 Å². The van der Waals surface area contributed by atoms with Crippen LogP contribution in [0.15, 0.2) is 18.2 Å². The lowest BCUT2D eigenvalue weighted by Crippen LogP contribution is -1.94. The van der Waals surface area contributed by atoms with E-state index in [1.807, 2.05) is 0 Å². The lowest BCUT2D eigenvalue weighted by atomic mass is 10.1. The third-order valence-electron chi connectivity index (χ3n) is 3.01. The fraction of sp³-hybridized carbons (Fsp3) is 0.667. The molecule has 1 aromatic rings. The minimum Gasteiger partial charge on any atom is -0.258 e. The van der Waals surface area contributed by atoms with E-state index in [1.165, 1.54) is 49.9 Å². The summed E-state index contributed by atoms with van der Waals surface area (Å²) in [4.78, 5) is 4.63. The summed E-state index contributed by atoms with van der Waals surface area (Å²) in [6, 6.07) is 6.41. The van der Waals surface area contributed by atoms with Crippen LogP contribution in [0.25, 0.3) is 0 Å². The van der Waals surface area contributed by atoms with Crippen LogP contribution in [0.3, 0.4) is 0 Å². The summed E-state index contributed by atoms with van der Waals surface area (Å²) in [6.45, 7) is 4.43. The summed E-state index contributed by atoms with van der Waals surface area (Å²) in [5.41, 5.74) is 2.50. The zero-order valence-electron chi connectivity index (χ0n) is 10.8. The summed E-state index contributed by atoms with van der Waals surface area (Å²) in [7, 11) is 0. The highest BCUT2D eigenvalue weighted by atomic mass is 14.7. The minimum atomic E-state index is 1.05. The molecule has 0 radical (unpaired) electrons. The zero-order chi connectivity index (χ0) is 11.6. The maximum absolute atomic E-state index is 4.63. The molecule has 0 spiro atoms. The van der Waals surface area contributed by atoms with Gasteiger partial charge in [-0.1, -0.05) is 52.0 Å². The minimum absolute atomic E-state index is 1.05. The molecule has 0 bridgehead atoms. The van der Waals surface area contributed by atoms with Crippen LogP contribution in [0, 0.1) is 0 Å². The molecule has 0 saturated carbocycles. The lowest BCUT2D eigenvalue weighted by Gasteiger charge is -2.03. The summed E-state index contributed by atoms with van der Waals surface area (Å²) in [5.74, 6) is 0. The van der Waals surface area contributed by atoms with Gasteiger partial charge in [-0.15, -0.1) is 0 Å². The first-order valence-corrected chi connectivity index (χ1v) is 6.81. The van der Waals surface area contributed by atoms with Gasteiger partial charge in [0.15, 0.2) is 0 Å². The van der Waals surface area contributed by atoms with E-state index in [1.54, 1.807) is 0 Å². The van der Waals surface area contributed by atoms with Crippen LogP contribution in [-0.2, 0) is 12.8 Å². The molecule has 1 nitrogen and oxygen atoms in total. The summed E-state index contributed by atoms with van der Waals surface area (Å²) < 4.78 is 0. The maximum Gasteiger partial charge on any atom is 0.0406 e. The number of hydrogen-bond acceptors (Lipinski definition) is 1. The Balaban J connectivity index is 2.16. The number of unbranched alkanes of at least 4 members (excludes halogenated alkanes) is 5. The van der Waals surface area contributed by atoms with E-state index in [9.17, 15) is 0 Å². The van der Waals surface area contributed by atoms with E-state index in [4.69, 9.17) is 0 Å². The van der Waals surface area contributed by atoms with Gasteiger partial charge in [0.05, 0.1) is 0 Å². The van der Waals surface area contributed by atoms with Gasteiger partial charge in [-0.25, -0.2) is 0 Å². The van der Waals surface area contributed by atoms with Gasteiger partial charge in [-0.05, 0) is 31.4 Å². The molecular weight excluding hydrogens is 194 g/mol. The van der Waals surface area contributed by atoms with E-state index in [2.05, 4.69) is 37.0 Å². The van der Waals surface area contributed by atoms with Crippen molar-refractivity contribution in [1.29, 1.82) is 0 Å². The Kier molecular flexibility index (Phi) is 6.87. The molecule has 90 valence electrons. The molecule has 16 heavy (non-hydrogen) atoms. The Morgan fingerprint density at radius 1 is 0.875 bits per heavy atom. The Bertz CT molecular complexity index is 281. The Morgan fingerprint density at radius 2 is 1.56 bits per heavy atom. The molecule has 0 aromatic carbocycles. The highest BCUT2D eigenvalue weighted by Gasteiger charge is 1.96.